The number of hydrogen-bond acceptors (Lipinski definition) is 3. The van der Waals surface area contributed by atoms with Gasteiger partial charge in [-0.2, -0.15) is 5.10 Å². The lowest BCUT2D eigenvalue weighted by molar-refractivity contribution is 0.659. The molecule has 0 saturated carbocycles. The Morgan fingerprint density at radius 2 is 1.74 bits per heavy atom. The van der Waals surface area contributed by atoms with Crippen molar-refractivity contribution in [3.63, 3.8) is 0 Å². The molecule has 27 heavy (non-hydrogen) atoms. The summed E-state index contributed by atoms with van der Waals surface area (Å²) in [6.07, 6.45) is 3.68. The Bertz CT molecular complexity index is 1190. The number of benzene rings is 2. The summed E-state index contributed by atoms with van der Waals surface area (Å²) in [5.74, 6) is 0. The highest BCUT2D eigenvalue weighted by Crippen LogP contribution is 2.17. The van der Waals surface area contributed by atoms with E-state index < -0.39 is 0 Å². The van der Waals surface area contributed by atoms with E-state index in [0.717, 1.165) is 34.5 Å². The summed E-state index contributed by atoms with van der Waals surface area (Å²) in [7, 11) is 0. The predicted octanol–water partition coefficient (Wildman–Crippen LogP) is 3.96. The van der Waals surface area contributed by atoms with Gasteiger partial charge in [-0.15, -0.1) is 0 Å². The summed E-state index contributed by atoms with van der Waals surface area (Å²) < 4.78 is 1.99. The lowest BCUT2D eigenvalue weighted by atomic mass is 10.1. The van der Waals surface area contributed by atoms with E-state index >= 15 is 0 Å². The highest BCUT2D eigenvalue weighted by atomic mass is 16.1. The maximum absolute atomic E-state index is 12.3. The number of aromatic nitrogens is 4. The van der Waals surface area contributed by atoms with Gasteiger partial charge in [0.05, 0.1) is 23.3 Å². The van der Waals surface area contributed by atoms with Crippen molar-refractivity contribution < 1.29 is 0 Å². The number of fused-ring (bicyclic) bond motifs is 1. The van der Waals surface area contributed by atoms with E-state index in [2.05, 4.69) is 27.2 Å². The van der Waals surface area contributed by atoms with E-state index in [-0.39, 0.29) is 5.56 Å². The maximum atomic E-state index is 12.3. The van der Waals surface area contributed by atoms with Crippen molar-refractivity contribution in [2.45, 2.75) is 20.4 Å². The number of hydrogen-bond donors (Lipinski definition) is 1. The van der Waals surface area contributed by atoms with E-state index in [1.54, 1.807) is 6.08 Å². The molecule has 5 nitrogen and oxygen atoms in total. The van der Waals surface area contributed by atoms with Gasteiger partial charge in [0.1, 0.15) is 5.69 Å². The molecule has 0 aliphatic heterocycles. The van der Waals surface area contributed by atoms with Gasteiger partial charge >= 0.3 is 0 Å². The number of aromatic amines is 1. The Labute approximate surface area is 157 Å². The van der Waals surface area contributed by atoms with Crippen molar-refractivity contribution in [1.29, 1.82) is 0 Å². The van der Waals surface area contributed by atoms with Crippen molar-refractivity contribution in [3.8, 4) is 0 Å². The first-order chi connectivity index (χ1) is 13.1. The van der Waals surface area contributed by atoms with Gasteiger partial charge < -0.3 is 4.98 Å². The van der Waals surface area contributed by atoms with E-state index in [1.807, 2.05) is 67.1 Å². The van der Waals surface area contributed by atoms with Gasteiger partial charge in [-0.05, 0) is 43.7 Å². The first kappa shape index (κ1) is 17.0. The Hall–Kier alpha value is -3.47. The van der Waals surface area contributed by atoms with Crippen LogP contribution in [0.25, 0.3) is 23.2 Å². The summed E-state index contributed by atoms with van der Waals surface area (Å²) >= 11 is 0. The topological polar surface area (TPSA) is 63.6 Å². The van der Waals surface area contributed by atoms with Gasteiger partial charge in [-0.1, -0.05) is 42.5 Å². The van der Waals surface area contributed by atoms with Gasteiger partial charge in [0, 0.05) is 11.3 Å². The monoisotopic (exact) mass is 356 g/mol. The molecule has 0 bridgehead atoms. The molecule has 5 heteroatoms. The van der Waals surface area contributed by atoms with Crippen molar-refractivity contribution in [1.82, 2.24) is 19.7 Å². The summed E-state index contributed by atoms with van der Waals surface area (Å²) in [5, 5.41) is 4.65. The fourth-order valence-electron chi connectivity index (χ4n) is 3.18. The molecular formula is C22H20N4O. The molecule has 0 aliphatic rings. The van der Waals surface area contributed by atoms with Crippen LogP contribution in [-0.4, -0.2) is 19.7 Å². The lowest BCUT2D eigenvalue weighted by Crippen LogP contribution is -2.11. The Balaban J connectivity index is 1.67. The van der Waals surface area contributed by atoms with Gasteiger partial charge in [-0.3, -0.25) is 9.48 Å². The van der Waals surface area contributed by atoms with Gasteiger partial charge in [0.2, 0.25) is 0 Å². The summed E-state index contributed by atoms with van der Waals surface area (Å²) in [6.45, 7) is 4.74. The van der Waals surface area contributed by atoms with Gasteiger partial charge in [-0.25, -0.2) is 4.98 Å². The molecule has 1 N–H and O–H groups in total. The second-order valence-electron chi connectivity index (χ2n) is 6.53. The van der Waals surface area contributed by atoms with Gasteiger partial charge in [0.15, 0.2) is 0 Å². The van der Waals surface area contributed by atoms with Crippen LogP contribution in [0.1, 0.15) is 28.2 Å². The number of H-pyrrole nitrogens is 1. The molecule has 0 amide bonds. The number of aryl methyl sites for hydroxylation is 1. The van der Waals surface area contributed by atoms with Crippen molar-refractivity contribution in [2.24, 2.45) is 0 Å². The Morgan fingerprint density at radius 1 is 1.00 bits per heavy atom. The molecule has 0 saturated heterocycles. The molecule has 0 fully saturated rings. The molecule has 0 spiro atoms. The van der Waals surface area contributed by atoms with Crippen molar-refractivity contribution in [2.75, 3.05) is 0 Å². The predicted molar refractivity (Wildman–Crippen MR) is 109 cm³/mol. The zero-order valence-corrected chi connectivity index (χ0v) is 15.3. The largest absolute Gasteiger partial charge is 0.319 e. The zero-order chi connectivity index (χ0) is 18.8. The average molecular weight is 356 g/mol. The standard InChI is InChI=1S/C22H20N4O/c1-15-18(16(2)26(25-15)14-17-8-4-3-5-9-17)12-13-21-22(27)24-20-11-7-6-10-19(20)23-21/h3-13H,14H2,1-2H3,(H,24,27)/b13-12+. The minimum Gasteiger partial charge on any atom is -0.319 e. The van der Waals surface area contributed by atoms with Crippen LogP contribution in [0.2, 0.25) is 0 Å². The molecule has 0 aliphatic carbocycles. The third-order valence-corrected chi connectivity index (χ3v) is 4.65. The van der Waals surface area contributed by atoms with E-state index in [4.69, 9.17) is 0 Å². The third kappa shape index (κ3) is 3.44. The Morgan fingerprint density at radius 3 is 2.56 bits per heavy atom. The molecule has 2 aromatic heterocycles. The smallest absolute Gasteiger partial charge is 0.274 e. The molecule has 0 atom stereocenters. The van der Waals surface area contributed by atoms with Gasteiger partial charge in [0.25, 0.3) is 5.56 Å². The molecule has 4 aromatic rings. The van der Waals surface area contributed by atoms with Crippen LogP contribution in [0.15, 0.2) is 59.4 Å². The number of nitrogens with zero attached hydrogens (tertiary/aromatic N) is 3. The summed E-state index contributed by atoms with van der Waals surface area (Å²) in [5.41, 5.74) is 5.90. The SMILES string of the molecule is Cc1nn(Cc2ccccc2)c(C)c1/C=C/c1nc2ccccc2[nH]c1=O. The van der Waals surface area contributed by atoms with Crippen molar-refractivity contribution >= 4 is 23.2 Å². The van der Waals surface area contributed by atoms with Crippen LogP contribution in [0, 0.1) is 13.8 Å². The van der Waals surface area contributed by atoms with Crippen LogP contribution in [0.3, 0.4) is 0 Å². The Kier molecular flexibility index (Phi) is 4.42. The number of rotatable bonds is 4. The minimum absolute atomic E-state index is 0.197. The minimum atomic E-state index is -0.197. The number of nitrogens with one attached hydrogen (secondary N) is 1. The molecule has 0 unspecified atom stereocenters. The average Bonchev–Trinajstić information content (AvgIpc) is 2.94. The first-order valence-electron chi connectivity index (χ1n) is 8.87. The number of para-hydroxylation sites is 2. The van der Waals surface area contributed by atoms with E-state index in [9.17, 15) is 4.79 Å². The second kappa shape index (κ2) is 7.03. The van der Waals surface area contributed by atoms with E-state index in [0.29, 0.717) is 5.69 Å². The third-order valence-electron chi connectivity index (χ3n) is 4.65. The molecular weight excluding hydrogens is 336 g/mol. The second-order valence-corrected chi connectivity index (χ2v) is 6.53. The first-order valence-corrected chi connectivity index (χ1v) is 8.87. The van der Waals surface area contributed by atoms with Crippen molar-refractivity contribution in [3.05, 3.63) is 93.2 Å². The quantitative estimate of drug-likeness (QED) is 0.602. The molecule has 2 aromatic carbocycles. The molecule has 0 radical (unpaired) electrons. The molecule has 134 valence electrons. The molecule has 2 heterocycles. The van der Waals surface area contributed by atoms with Crippen LogP contribution >= 0.6 is 0 Å². The fourth-order valence-corrected chi connectivity index (χ4v) is 3.18. The van der Waals surface area contributed by atoms with Crippen LogP contribution in [-0.2, 0) is 6.54 Å². The van der Waals surface area contributed by atoms with Crippen LogP contribution in [0.5, 0.6) is 0 Å². The van der Waals surface area contributed by atoms with Crippen LogP contribution < -0.4 is 5.56 Å². The van der Waals surface area contributed by atoms with E-state index in [1.165, 1.54) is 5.56 Å². The maximum Gasteiger partial charge on any atom is 0.274 e. The highest BCUT2D eigenvalue weighted by Gasteiger charge is 2.10. The lowest BCUT2D eigenvalue weighted by Gasteiger charge is -2.04. The summed E-state index contributed by atoms with van der Waals surface area (Å²) in [4.78, 5) is 19.6. The van der Waals surface area contributed by atoms with Crippen LogP contribution in [0.4, 0.5) is 0 Å². The zero-order valence-electron chi connectivity index (χ0n) is 15.3. The normalized spacial score (nSPS) is 11.5. The highest BCUT2D eigenvalue weighted by molar-refractivity contribution is 5.77. The summed E-state index contributed by atoms with van der Waals surface area (Å²) in [6, 6.07) is 17.8. The molecule has 4 rings (SSSR count). The fraction of sp³-hybridized carbons (Fsp3) is 0.136.